The van der Waals surface area contributed by atoms with Gasteiger partial charge in [-0.05, 0) is 36.2 Å². The van der Waals surface area contributed by atoms with E-state index in [1.807, 2.05) is 24.3 Å². The van der Waals surface area contributed by atoms with Crippen molar-refractivity contribution in [2.24, 2.45) is 5.73 Å². The number of para-hydroxylation sites is 1. The van der Waals surface area contributed by atoms with Gasteiger partial charge >= 0.3 is 0 Å². The van der Waals surface area contributed by atoms with E-state index in [2.05, 4.69) is 0 Å². The molecule has 2 atom stereocenters. The molecule has 0 aliphatic carbocycles. The first-order valence-corrected chi connectivity index (χ1v) is 8.08. The predicted molar refractivity (Wildman–Crippen MR) is 84.7 cm³/mol. The van der Waals surface area contributed by atoms with Crippen LogP contribution in [0.15, 0.2) is 47.4 Å². The Hall–Kier alpha value is -1.23. The summed E-state index contributed by atoms with van der Waals surface area (Å²) in [5.41, 5.74) is 6.78. The molecule has 0 fully saturated rings. The van der Waals surface area contributed by atoms with Crippen LogP contribution in [0.3, 0.4) is 0 Å². The van der Waals surface area contributed by atoms with Gasteiger partial charge in [-0.25, -0.2) is 4.39 Å². The van der Waals surface area contributed by atoms with Gasteiger partial charge in [0, 0.05) is 21.7 Å². The minimum Gasteiger partial charge on any atom is -0.487 e. The summed E-state index contributed by atoms with van der Waals surface area (Å²) in [5.74, 6) is 1.31. The zero-order chi connectivity index (χ0) is 14.8. The number of hydrogen-bond acceptors (Lipinski definition) is 3. The van der Waals surface area contributed by atoms with Gasteiger partial charge in [0.2, 0.25) is 0 Å². The van der Waals surface area contributed by atoms with E-state index < -0.39 is 0 Å². The minimum absolute atomic E-state index is 0.125. The number of ether oxygens (including phenoxy) is 1. The summed E-state index contributed by atoms with van der Waals surface area (Å²) >= 11 is 7.48. The molecule has 3 rings (SSSR count). The number of halogens is 2. The summed E-state index contributed by atoms with van der Waals surface area (Å²) in [4.78, 5) is 1.12. The van der Waals surface area contributed by atoms with Gasteiger partial charge in [-0.1, -0.05) is 29.8 Å². The third-order valence-electron chi connectivity index (χ3n) is 3.48. The average molecular weight is 324 g/mol. The molecule has 2 aromatic carbocycles. The third-order valence-corrected chi connectivity index (χ3v) is 4.86. The number of hydrogen-bond donors (Lipinski definition) is 1. The highest BCUT2D eigenvalue weighted by Gasteiger charge is 2.26. The predicted octanol–water partition coefficient (Wildman–Crippen LogP) is 3.90. The Bertz CT molecular complexity index is 652. The summed E-state index contributed by atoms with van der Waals surface area (Å²) < 4.78 is 19.8. The smallest absolute Gasteiger partial charge is 0.133 e. The zero-order valence-electron chi connectivity index (χ0n) is 11.3. The Morgan fingerprint density at radius 2 is 2.14 bits per heavy atom. The lowest BCUT2D eigenvalue weighted by Crippen LogP contribution is -2.43. The molecule has 2 nitrogen and oxygen atoms in total. The molecule has 110 valence electrons. The molecule has 5 heteroatoms. The van der Waals surface area contributed by atoms with Crippen LogP contribution in [0.2, 0.25) is 5.02 Å². The molecular formula is C16H15ClFNOS. The van der Waals surface area contributed by atoms with Crippen LogP contribution in [-0.4, -0.2) is 17.9 Å². The molecule has 0 radical (unpaired) electrons. The molecule has 1 aliphatic rings. The van der Waals surface area contributed by atoms with Crippen LogP contribution in [0.1, 0.15) is 5.56 Å². The Morgan fingerprint density at radius 1 is 1.33 bits per heavy atom. The average Bonchev–Trinajstić information content (AvgIpc) is 2.49. The van der Waals surface area contributed by atoms with E-state index in [1.54, 1.807) is 23.9 Å². The van der Waals surface area contributed by atoms with Crippen molar-refractivity contribution >= 4 is 23.4 Å². The van der Waals surface area contributed by atoms with Gasteiger partial charge in [0.1, 0.15) is 17.7 Å². The largest absolute Gasteiger partial charge is 0.487 e. The van der Waals surface area contributed by atoms with E-state index in [9.17, 15) is 4.39 Å². The Kier molecular flexibility index (Phi) is 4.38. The lowest BCUT2D eigenvalue weighted by molar-refractivity contribution is 0.183. The highest BCUT2D eigenvalue weighted by Crippen LogP contribution is 2.35. The summed E-state index contributed by atoms with van der Waals surface area (Å²) in [5, 5.41) is 0.392. The van der Waals surface area contributed by atoms with Crippen molar-refractivity contribution in [1.29, 1.82) is 0 Å². The summed E-state index contributed by atoms with van der Waals surface area (Å²) in [6.07, 6.45) is 0.302. The molecule has 0 bridgehead atoms. The number of fused-ring (bicyclic) bond motifs is 1. The molecule has 0 saturated heterocycles. The fourth-order valence-electron chi connectivity index (χ4n) is 2.32. The quantitative estimate of drug-likeness (QED) is 0.930. The van der Waals surface area contributed by atoms with Gasteiger partial charge < -0.3 is 10.5 Å². The molecule has 1 aliphatic heterocycles. The molecular weight excluding hydrogens is 309 g/mol. The lowest BCUT2D eigenvalue weighted by atomic mass is 10.0. The summed E-state index contributed by atoms with van der Waals surface area (Å²) in [6, 6.07) is 12.3. The molecule has 0 amide bonds. The topological polar surface area (TPSA) is 35.2 Å². The maximum atomic E-state index is 13.8. The molecule has 2 N–H and O–H groups in total. The zero-order valence-corrected chi connectivity index (χ0v) is 12.8. The van der Waals surface area contributed by atoms with Gasteiger partial charge in [-0.3, -0.25) is 0 Å². The number of thioether (sulfide) groups is 1. The van der Waals surface area contributed by atoms with E-state index in [0.717, 1.165) is 16.4 Å². The van der Waals surface area contributed by atoms with Gasteiger partial charge in [-0.15, -0.1) is 11.8 Å². The van der Waals surface area contributed by atoms with Gasteiger partial charge in [0.05, 0.1) is 0 Å². The van der Waals surface area contributed by atoms with Crippen LogP contribution in [0, 0.1) is 5.82 Å². The number of rotatable bonds is 3. The summed E-state index contributed by atoms with van der Waals surface area (Å²) in [7, 11) is 0. The second kappa shape index (κ2) is 6.26. The molecule has 2 aromatic rings. The highest BCUT2D eigenvalue weighted by atomic mass is 35.5. The van der Waals surface area contributed by atoms with E-state index in [4.69, 9.17) is 22.1 Å². The second-order valence-electron chi connectivity index (χ2n) is 5.02. The lowest BCUT2D eigenvalue weighted by Gasteiger charge is -2.30. The van der Waals surface area contributed by atoms with Crippen molar-refractivity contribution in [3.63, 3.8) is 0 Å². The molecule has 0 aromatic heterocycles. The maximum absolute atomic E-state index is 13.8. The van der Waals surface area contributed by atoms with Crippen LogP contribution >= 0.6 is 23.4 Å². The molecule has 1 heterocycles. The Labute approximate surface area is 132 Å². The minimum atomic E-state index is -0.318. The Balaban J connectivity index is 1.70. The van der Waals surface area contributed by atoms with E-state index in [0.29, 0.717) is 17.0 Å². The van der Waals surface area contributed by atoms with Crippen LogP contribution in [0.5, 0.6) is 5.75 Å². The van der Waals surface area contributed by atoms with E-state index in [-0.39, 0.29) is 18.0 Å². The van der Waals surface area contributed by atoms with Crippen LogP contribution in [0.25, 0.3) is 0 Å². The second-order valence-corrected chi connectivity index (χ2v) is 6.52. The molecule has 0 spiro atoms. The molecule has 21 heavy (non-hydrogen) atoms. The van der Waals surface area contributed by atoms with Gasteiger partial charge in [0.25, 0.3) is 0 Å². The first-order valence-electron chi connectivity index (χ1n) is 6.71. The van der Waals surface area contributed by atoms with Crippen molar-refractivity contribution in [3.05, 3.63) is 58.9 Å². The fourth-order valence-corrected chi connectivity index (χ4v) is 3.57. The standard InChI is InChI=1S/C16H15ClFNOS/c17-11-6-5-10(12(18)8-11)7-13(19)15-9-21-16-4-2-1-3-14(16)20-15/h1-6,8,13,15H,7,9,19H2. The van der Waals surface area contributed by atoms with Gasteiger partial charge in [-0.2, -0.15) is 0 Å². The highest BCUT2D eigenvalue weighted by molar-refractivity contribution is 7.99. The van der Waals surface area contributed by atoms with Crippen LogP contribution in [0.4, 0.5) is 4.39 Å². The number of nitrogens with two attached hydrogens (primary N) is 1. The SMILES string of the molecule is NC(Cc1ccc(Cl)cc1F)C1CSc2ccccc2O1. The third kappa shape index (κ3) is 3.34. The van der Waals surface area contributed by atoms with E-state index >= 15 is 0 Å². The van der Waals surface area contributed by atoms with E-state index in [1.165, 1.54) is 6.07 Å². The van der Waals surface area contributed by atoms with Crippen molar-refractivity contribution < 1.29 is 9.13 Å². The maximum Gasteiger partial charge on any atom is 0.133 e. The Morgan fingerprint density at radius 3 is 2.95 bits per heavy atom. The summed E-state index contributed by atoms with van der Waals surface area (Å²) in [6.45, 7) is 0. The fraction of sp³-hybridized carbons (Fsp3) is 0.250. The number of benzene rings is 2. The molecule has 0 saturated carbocycles. The van der Waals surface area contributed by atoms with Gasteiger partial charge in [0.15, 0.2) is 0 Å². The van der Waals surface area contributed by atoms with Crippen molar-refractivity contribution in [1.82, 2.24) is 0 Å². The van der Waals surface area contributed by atoms with Crippen LogP contribution in [-0.2, 0) is 6.42 Å². The first kappa shape index (κ1) is 14.7. The normalized spacial score (nSPS) is 18.7. The monoisotopic (exact) mass is 323 g/mol. The van der Waals surface area contributed by atoms with Crippen molar-refractivity contribution in [2.75, 3.05) is 5.75 Å². The van der Waals surface area contributed by atoms with Crippen LogP contribution < -0.4 is 10.5 Å². The molecule has 2 unspecified atom stereocenters. The first-order chi connectivity index (χ1) is 10.1. The van der Waals surface area contributed by atoms with Crippen molar-refractivity contribution in [3.8, 4) is 5.75 Å². The van der Waals surface area contributed by atoms with Crippen molar-refractivity contribution in [2.45, 2.75) is 23.5 Å².